The average molecular weight is 253 g/mol. The Labute approximate surface area is 109 Å². The molecule has 0 fully saturated rings. The van der Waals surface area contributed by atoms with Gasteiger partial charge in [0.15, 0.2) is 11.5 Å². The van der Waals surface area contributed by atoms with Crippen LogP contribution >= 0.6 is 0 Å². The van der Waals surface area contributed by atoms with Gasteiger partial charge in [0.1, 0.15) is 0 Å². The van der Waals surface area contributed by atoms with Crippen LogP contribution in [0.15, 0.2) is 18.2 Å². The molecular formula is C14H23NO3. The van der Waals surface area contributed by atoms with E-state index in [-0.39, 0.29) is 0 Å². The summed E-state index contributed by atoms with van der Waals surface area (Å²) in [5, 5.41) is 3.39. The fourth-order valence-corrected chi connectivity index (χ4v) is 1.70. The van der Waals surface area contributed by atoms with Crippen LogP contribution in [0.4, 0.5) is 0 Å². The molecule has 0 aromatic heterocycles. The van der Waals surface area contributed by atoms with E-state index in [1.54, 1.807) is 14.2 Å². The highest BCUT2D eigenvalue weighted by atomic mass is 16.5. The zero-order valence-electron chi connectivity index (χ0n) is 11.7. The topological polar surface area (TPSA) is 39.7 Å². The van der Waals surface area contributed by atoms with Crippen molar-refractivity contribution in [2.45, 2.75) is 26.4 Å². The van der Waals surface area contributed by atoms with Crippen molar-refractivity contribution in [3.05, 3.63) is 23.8 Å². The molecule has 0 bridgehead atoms. The summed E-state index contributed by atoms with van der Waals surface area (Å²) in [6.45, 7) is 6.18. The zero-order chi connectivity index (χ0) is 13.4. The lowest BCUT2D eigenvalue weighted by atomic mass is 10.2. The first-order valence-corrected chi connectivity index (χ1v) is 6.23. The molecule has 102 valence electrons. The second kappa shape index (κ2) is 7.95. The monoisotopic (exact) mass is 253 g/mol. The van der Waals surface area contributed by atoms with Crippen LogP contribution in [0.1, 0.15) is 19.4 Å². The molecule has 1 aromatic rings. The van der Waals surface area contributed by atoms with Crippen LogP contribution in [0, 0.1) is 0 Å². The van der Waals surface area contributed by atoms with Crippen molar-refractivity contribution in [2.24, 2.45) is 0 Å². The number of hydrogen-bond acceptors (Lipinski definition) is 4. The summed E-state index contributed by atoms with van der Waals surface area (Å²) in [4.78, 5) is 0. The summed E-state index contributed by atoms with van der Waals surface area (Å²) < 4.78 is 15.9. The van der Waals surface area contributed by atoms with Gasteiger partial charge >= 0.3 is 0 Å². The quantitative estimate of drug-likeness (QED) is 0.771. The van der Waals surface area contributed by atoms with Crippen LogP contribution in [-0.2, 0) is 11.3 Å². The van der Waals surface area contributed by atoms with Gasteiger partial charge in [-0.1, -0.05) is 6.07 Å². The molecule has 0 aliphatic heterocycles. The van der Waals surface area contributed by atoms with Crippen LogP contribution in [0.25, 0.3) is 0 Å². The first-order chi connectivity index (χ1) is 8.71. The smallest absolute Gasteiger partial charge is 0.161 e. The van der Waals surface area contributed by atoms with Crippen LogP contribution < -0.4 is 14.8 Å². The Morgan fingerprint density at radius 2 is 2.00 bits per heavy atom. The van der Waals surface area contributed by atoms with Crippen molar-refractivity contribution in [3.8, 4) is 11.5 Å². The first kappa shape index (κ1) is 14.8. The summed E-state index contributed by atoms with van der Waals surface area (Å²) >= 11 is 0. The minimum atomic E-state index is 0.327. The zero-order valence-corrected chi connectivity index (χ0v) is 11.7. The SMILES string of the molecule is CCOc1cc(CN[C@@H](C)COC)ccc1OC. The molecule has 0 amide bonds. The molecule has 0 saturated heterocycles. The van der Waals surface area contributed by atoms with Gasteiger partial charge in [0, 0.05) is 19.7 Å². The molecule has 0 saturated carbocycles. The lowest BCUT2D eigenvalue weighted by Gasteiger charge is -2.14. The molecule has 1 rings (SSSR count). The van der Waals surface area contributed by atoms with E-state index in [9.17, 15) is 0 Å². The van der Waals surface area contributed by atoms with Crippen molar-refractivity contribution in [3.63, 3.8) is 0 Å². The van der Waals surface area contributed by atoms with E-state index in [2.05, 4.69) is 12.2 Å². The van der Waals surface area contributed by atoms with Gasteiger partial charge < -0.3 is 19.5 Å². The molecule has 18 heavy (non-hydrogen) atoms. The number of benzene rings is 1. The van der Waals surface area contributed by atoms with Crippen molar-refractivity contribution in [1.29, 1.82) is 0 Å². The summed E-state index contributed by atoms with van der Waals surface area (Å²) in [7, 11) is 3.36. The van der Waals surface area contributed by atoms with Gasteiger partial charge in [0.05, 0.1) is 20.3 Å². The number of ether oxygens (including phenoxy) is 3. The third kappa shape index (κ3) is 4.55. The number of rotatable bonds is 8. The fraction of sp³-hybridized carbons (Fsp3) is 0.571. The van der Waals surface area contributed by atoms with E-state index in [4.69, 9.17) is 14.2 Å². The predicted octanol–water partition coefficient (Wildman–Crippen LogP) is 2.22. The largest absolute Gasteiger partial charge is 0.493 e. The Morgan fingerprint density at radius 1 is 1.22 bits per heavy atom. The first-order valence-electron chi connectivity index (χ1n) is 6.23. The highest BCUT2D eigenvalue weighted by Gasteiger charge is 2.06. The highest BCUT2D eigenvalue weighted by Crippen LogP contribution is 2.27. The number of hydrogen-bond donors (Lipinski definition) is 1. The maximum atomic E-state index is 5.55. The van der Waals surface area contributed by atoms with Gasteiger partial charge in [-0.2, -0.15) is 0 Å². The maximum absolute atomic E-state index is 5.55. The van der Waals surface area contributed by atoms with Crippen molar-refractivity contribution in [1.82, 2.24) is 5.32 Å². The Bertz CT molecular complexity index is 355. The van der Waals surface area contributed by atoms with Crippen LogP contribution in [0.3, 0.4) is 0 Å². The molecule has 0 radical (unpaired) electrons. The Kier molecular flexibility index (Phi) is 6.54. The molecule has 4 nitrogen and oxygen atoms in total. The molecular weight excluding hydrogens is 230 g/mol. The molecule has 0 spiro atoms. The summed E-state index contributed by atoms with van der Waals surface area (Å²) in [5.41, 5.74) is 1.17. The average Bonchev–Trinajstić information content (AvgIpc) is 2.37. The predicted molar refractivity (Wildman–Crippen MR) is 72.3 cm³/mol. The standard InChI is InChI=1S/C14H23NO3/c1-5-18-14-8-12(6-7-13(14)17-4)9-15-11(2)10-16-3/h6-8,11,15H,5,9-10H2,1-4H3/t11-/m0/s1. The summed E-state index contributed by atoms with van der Waals surface area (Å²) in [5.74, 6) is 1.56. The second-order valence-corrected chi connectivity index (χ2v) is 4.16. The van der Waals surface area contributed by atoms with Gasteiger partial charge in [-0.3, -0.25) is 0 Å². The normalized spacial score (nSPS) is 12.2. The fourth-order valence-electron chi connectivity index (χ4n) is 1.70. The van der Waals surface area contributed by atoms with E-state index >= 15 is 0 Å². The van der Waals surface area contributed by atoms with E-state index in [1.807, 2.05) is 25.1 Å². The van der Waals surface area contributed by atoms with Crippen molar-refractivity contribution < 1.29 is 14.2 Å². The van der Waals surface area contributed by atoms with Crippen molar-refractivity contribution >= 4 is 0 Å². The molecule has 1 N–H and O–H groups in total. The van der Waals surface area contributed by atoms with Crippen LogP contribution in [0.2, 0.25) is 0 Å². The van der Waals surface area contributed by atoms with Gasteiger partial charge in [-0.05, 0) is 31.5 Å². The highest BCUT2D eigenvalue weighted by molar-refractivity contribution is 5.42. The Hall–Kier alpha value is -1.26. The van der Waals surface area contributed by atoms with Gasteiger partial charge in [0.25, 0.3) is 0 Å². The van der Waals surface area contributed by atoms with Crippen molar-refractivity contribution in [2.75, 3.05) is 27.4 Å². The maximum Gasteiger partial charge on any atom is 0.161 e. The molecule has 1 aromatic carbocycles. The lowest BCUT2D eigenvalue weighted by Crippen LogP contribution is -2.29. The Morgan fingerprint density at radius 3 is 2.61 bits per heavy atom. The number of nitrogens with one attached hydrogen (secondary N) is 1. The molecule has 0 heterocycles. The molecule has 4 heteroatoms. The number of methoxy groups -OCH3 is 2. The van der Waals surface area contributed by atoms with E-state index < -0.39 is 0 Å². The van der Waals surface area contributed by atoms with E-state index in [0.717, 1.165) is 18.0 Å². The van der Waals surface area contributed by atoms with Gasteiger partial charge in [-0.25, -0.2) is 0 Å². The molecule has 0 unspecified atom stereocenters. The van der Waals surface area contributed by atoms with Gasteiger partial charge in [0.2, 0.25) is 0 Å². The Balaban J connectivity index is 2.63. The molecule has 1 atom stereocenters. The van der Waals surface area contributed by atoms with Gasteiger partial charge in [-0.15, -0.1) is 0 Å². The lowest BCUT2D eigenvalue weighted by molar-refractivity contribution is 0.171. The molecule has 0 aliphatic carbocycles. The third-order valence-electron chi connectivity index (χ3n) is 2.60. The third-order valence-corrected chi connectivity index (χ3v) is 2.60. The molecule has 0 aliphatic rings. The van der Waals surface area contributed by atoms with Crippen LogP contribution in [-0.4, -0.2) is 33.5 Å². The second-order valence-electron chi connectivity index (χ2n) is 4.16. The van der Waals surface area contributed by atoms with E-state index in [0.29, 0.717) is 19.3 Å². The van der Waals surface area contributed by atoms with E-state index in [1.165, 1.54) is 5.56 Å². The minimum absolute atomic E-state index is 0.327. The summed E-state index contributed by atoms with van der Waals surface area (Å²) in [6.07, 6.45) is 0. The minimum Gasteiger partial charge on any atom is -0.493 e. The summed E-state index contributed by atoms with van der Waals surface area (Å²) in [6, 6.07) is 6.30. The van der Waals surface area contributed by atoms with Crippen LogP contribution in [0.5, 0.6) is 11.5 Å².